The summed E-state index contributed by atoms with van der Waals surface area (Å²) in [4.78, 5) is 28.8. The number of unbranched alkanes of at least 4 members (excludes halogenated alkanes) is 2. The lowest BCUT2D eigenvalue weighted by atomic mass is 9.89. The number of carbonyl (C=O) groups excluding carboxylic acids is 2. The molecule has 13 nitrogen and oxygen atoms in total. The van der Waals surface area contributed by atoms with Crippen LogP contribution in [0.25, 0.3) is 6.08 Å². The number of benzene rings is 2. The molecule has 2 aromatic rings. The highest BCUT2D eigenvalue weighted by Crippen LogP contribution is 2.37. The molecular weight excluding hydrogens is 707 g/mol. The van der Waals surface area contributed by atoms with E-state index in [-0.39, 0.29) is 61.2 Å². The van der Waals surface area contributed by atoms with E-state index in [4.69, 9.17) is 29.4 Å². The molecule has 1 saturated carbocycles. The van der Waals surface area contributed by atoms with Gasteiger partial charge in [0.15, 0.2) is 11.5 Å². The molecule has 5 N–H and O–H groups in total. The molecule has 1 aliphatic rings. The standard InChI is InChI=1S/C37H46F3NO12/c1-49-34-21-25(14-18-35(45)50-19-6-7-20-52-41(47)48)13-17-33(34)53-36(46)12-5-3-2-4-11-29-30(32(44)23-31(29)43)16-15-27(42)24-51-28-10-8-9-26(22-28)37(38,39)40/h2,4,8-10,13-18,21-22,27,29-32,42-44,47-48H,3,5-7,11-12,19-20,23-24H2,1H3/b4-2-,16-15+,18-14+/t27-,29-,30-,31+,32-/m1/s1. The molecule has 3 rings (SSSR count). The van der Waals surface area contributed by atoms with Crippen LogP contribution < -0.4 is 14.2 Å². The zero-order valence-electron chi connectivity index (χ0n) is 29.1. The molecule has 16 heteroatoms. The summed E-state index contributed by atoms with van der Waals surface area (Å²) in [6, 6.07) is 9.10. The fraction of sp³-hybridized carbons (Fsp3) is 0.459. The Morgan fingerprint density at radius 3 is 2.51 bits per heavy atom. The van der Waals surface area contributed by atoms with Gasteiger partial charge >= 0.3 is 18.1 Å². The van der Waals surface area contributed by atoms with Crippen molar-refractivity contribution in [1.82, 2.24) is 5.39 Å². The quantitative estimate of drug-likeness (QED) is 0.0272. The third-order valence-corrected chi connectivity index (χ3v) is 8.19. The van der Waals surface area contributed by atoms with Gasteiger partial charge in [0.25, 0.3) is 0 Å². The molecule has 0 saturated heterocycles. The van der Waals surface area contributed by atoms with Gasteiger partial charge in [-0.05, 0) is 80.0 Å². The van der Waals surface area contributed by atoms with Crippen LogP contribution in [0.4, 0.5) is 13.2 Å². The number of alkyl halides is 3. The number of nitrogens with zero attached hydrogens (tertiary/aromatic N) is 1. The molecule has 0 amide bonds. The van der Waals surface area contributed by atoms with Crippen molar-refractivity contribution in [3.8, 4) is 17.2 Å². The Hall–Kier alpha value is -4.29. The number of rotatable bonds is 21. The number of aliphatic hydroxyl groups excluding tert-OH is 3. The van der Waals surface area contributed by atoms with Crippen molar-refractivity contribution < 1.29 is 72.3 Å². The molecule has 5 atom stereocenters. The molecule has 0 heterocycles. The van der Waals surface area contributed by atoms with E-state index in [1.807, 2.05) is 12.2 Å². The van der Waals surface area contributed by atoms with Gasteiger partial charge in [0.2, 0.25) is 0 Å². The van der Waals surface area contributed by atoms with Crippen LogP contribution in [0, 0.1) is 11.8 Å². The maximum Gasteiger partial charge on any atom is 0.416 e. The van der Waals surface area contributed by atoms with Gasteiger partial charge in [-0.2, -0.15) is 13.2 Å². The van der Waals surface area contributed by atoms with Crippen molar-refractivity contribution in [2.24, 2.45) is 11.8 Å². The number of hydrogen-bond acceptors (Lipinski definition) is 13. The van der Waals surface area contributed by atoms with Crippen LogP contribution in [0.5, 0.6) is 17.2 Å². The van der Waals surface area contributed by atoms with Crippen molar-refractivity contribution in [3.63, 3.8) is 0 Å². The van der Waals surface area contributed by atoms with Gasteiger partial charge in [-0.25, -0.2) is 4.79 Å². The van der Waals surface area contributed by atoms with Gasteiger partial charge in [-0.15, -0.1) is 0 Å². The van der Waals surface area contributed by atoms with Crippen molar-refractivity contribution in [1.29, 1.82) is 0 Å². The molecule has 0 radical (unpaired) electrons. The van der Waals surface area contributed by atoms with E-state index in [0.29, 0.717) is 37.7 Å². The first kappa shape index (κ1) is 43.1. The average Bonchev–Trinajstić information content (AvgIpc) is 3.39. The Balaban J connectivity index is 1.39. The summed E-state index contributed by atoms with van der Waals surface area (Å²) in [6.45, 7) is -0.140. The first-order valence-electron chi connectivity index (χ1n) is 17.0. The van der Waals surface area contributed by atoms with Crippen molar-refractivity contribution in [2.75, 3.05) is 26.9 Å². The summed E-state index contributed by atoms with van der Waals surface area (Å²) in [6.07, 6.45) is 4.75. The minimum atomic E-state index is -4.52. The largest absolute Gasteiger partial charge is 0.493 e. The van der Waals surface area contributed by atoms with E-state index >= 15 is 0 Å². The van der Waals surface area contributed by atoms with Crippen molar-refractivity contribution in [3.05, 3.63) is 84.0 Å². The number of carbonyl (C=O) groups is 2. The van der Waals surface area contributed by atoms with E-state index < -0.39 is 47.9 Å². The minimum absolute atomic E-state index is 0.0425. The zero-order chi connectivity index (χ0) is 38.8. The second-order valence-electron chi connectivity index (χ2n) is 12.2. The highest BCUT2D eigenvalue weighted by Gasteiger charge is 2.39. The summed E-state index contributed by atoms with van der Waals surface area (Å²) in [5, 5.41) is 47.8. The van der Waals surface area contributed by atoms with Gasteiger partial charge in [0.05, 0.1) is 43.5 Å². The maximum atomic E-state index is 12.9. The Bertz CT molecular complexity index is 1530. The third kappa shape index (κ3) is 15.7. The van der Waals surface area contributed by atoms with E-state index in [1.165, 1.54) is 37.5 Å². The summed E-state index contributed by atoms with van der Waals surface area (Å²) in [5.74, 6) is -1.41. The summed E-state index contributed by atoms with van der Waals surface area (Å²) in [7, 11) is 1.41. The maximum absolute atomic E-state index is 12.9. The van der Waals surface area contributed by atoms with E-state index in [2.05, 4.69) is 4.84 Å². The molecular formula is C37H46F3NO12. The number of aliphatic hydroxyl groups is 3. The van der Waals surface area contributed by atoms with Crippen molar-refractivity contribution >= 4 is 18.0 Å². The first-order valence-corrected chi connectivity index (χ1v) is 17.0. The molecule has 292 valence electrons. The van der Waals surface area contributed by atoms with Crippen LogP contribution in [0.2, 0.25) is 0 Å². The second kappa shape index (κ2) is 22.0. The summed E-state index contributed by atoms with van der Waals surface area (Å²) < 4.78 is 60.0. The zero-order valence-corrected chi connectivity index (χ0v) is 29.1. The summed E-state index contributed by atoms with van der Waals surface area (Å²) >= 11 is 0. The van der Waals surface area contributed by atoms with Gasteiger partial charge < -0.3 is 34.3 Å². The Kier molecular flexibility index (Phi) is 17.9. The number of esters is 2. The predicted octanol–water partition coefficient (Wildman–Crippen LogP) is 5.44. The SMILES string of the molecule is COc1cc(/C=C/C(=O)OCCCCON(O)O)ccc1OC(=O)CCC/C=C\C[C@@H]1[C@@H](/C=C/[C@@H](O)COc2cccc(C(F)(F)F)c2)[C@H](O)C[C@@H]1O. The number of allylic oxidation sites excluding steroid dienone is 2. The van der Waals surface area contributed by atoms with Crippen LogP contribution >= 0.6 is 0 Å². The van der Waals surface area contributed by atoms with E-state index in [0.717, 1.165) is 12.1 Å². The van der Waals surface area contributed by atoms with Gasteiger partial charge in [-0.3, -0.25) is 20.0 Å². The first-order chi connectivity index (χ1) is 25.3. The molecule has 2 aromatic carbocycles. The molecule has 0 aromatic heterocycles. The van der Waals surface area contributed by atoms with Crippen LogP contribution in [-0.4, -0.2) is 88.3 Å². The van der Waals surface area contributed by atoms with Gasteiger partial charge in [-0.1, -0.05) is 36.4 Å². The topological polar surface area (TPSA) is 185 Å². The molecule has 0 aliphatic heterocycles. The molecule has 0 spiro atoms. The molecule has 0 unspecified atom stereocenters. The third-order valence-electron chi connectivity index (χ3n) is 8.19. The van der Waals surface area contributed by atoms with Crippen LogP contribution in [-0.2, 0) is 25.3 Å². The number of hydrogen-bond donors (Lipinski definition) is 5. The number of ether oxygens (including phenoxy) is 4. The smallest absolute Gasteiger partial charge is 0.416 e. The Labute approximate surface area is 305 Å². The molecule has 0 bridgehead atoms. The predicted molar refractivity (Wildman–Crippen MR) is 183 cm³/mol. The highest BCUT2D eigenvalue weighted by molar-refractivity contribution is 5.87. The summed E-state index contributed by atoms with van der Waals surface area (Å²) in [5.41, 5.74) is -0.269. The second-order valence-corrected chi connectivity index (χ2v) is 12.2. The number of methoxy groups -OCH3 is 1. The lowest BCUT2D eigenvalue weighted by molar-refractivity contribution is -0.492. The molecule has 1 fully saturated rings. The van der Waals surface area contributed by atoms with Crippen LogP contribution in [0.3, 0.4) is 0 Å². The highest BCUT2D eigenvalue weighted by atomic mass is 19.4. The van der Waals surface area contributed by atoms with E-state index in [1.54, 1.807) is 24.3 Å². The fourth-order valence-corrected chi connectivity index (χ4v) is 5.48. The van der Waals surface area contributed by atoms with Gasteiger partial charge in [0.1, 0.15) is 18.5 Å². The monoisotopic (exact) mass is 753 g/mol. The Morgan fingerprint density at radius 2 is 1.77 bits per heavy atom. The normalized spacial score (nSPS) is 19.7. The lowest BCUT2D eigenvalue weighted by Gasteiger charge is -2.19. The molecule has 1 aliphatic carbocycles. The van der Waals surface area contributed by atoms with E-state index in [9.17, 15) is 38.1 Å². The van der Waals surface area contributed by atoms with Crippen molar-refractivity contribution in [2.45, 2.75) is 69.4 Å². The van der Waals surface area contributed by atoms with Gasteiger partial charge in [0, 0.05) is 24.8 Å². The average molecular weight is 754 g/mol. The van der Waals surface area contributed by atoms with Crippen LogP contribution in [0.15, 0.2) is 72.8 Å². The van der Waals surface area contributed by atoms with Crippen LogP contribution in [0.1, 0.15) is 56.1 Å². The minimum Gasteiger partial charge on any atom is -0.493 e. The lowest BCUT2D eigenvalue weighted by Crippen LogP contribution is -2.21. The Morgan fingerprint density at radius 1 is 1.00 bits per heavy atom. The fourth-order valence-electron chi connectivity index (χ4n) is 5.48. The molecule has 53 heavy (non-hydrogen) atoms. The number of halogens is 3.